The summed E-state index contributed by atoms with van der Waals surface area (Å²) in [5.41, 5.74) is 0. The van der Waals surface area contributed by atoms with E-state index in [2.05, 4.69) is 0 Å². The van der Waals surface area contributed by atoms with Gasteiger partial charge in [0, 0.05) is 0 Å². The van der Waals surface area contributed by atoms with Crippen LogP contribution < -0.4 is 0 Å². The van der Waals surface area contributed by atoms with E-state index in [4.69, 9.17) is 3.80 Å². The zero-order valence-corrected chi connectivity index (χ0v) is 2.53. The fourth-order valence-corrected chi connectivity index (χ4v) is 0. The van der Waals surface area contributed by atoms with Crippen LogP contribution in [0, 0.1) is 0 Å². The Morgan fingerprint density at radius 2 is 1.25 bits per heavy atom. The molecule has 0 rings (SSSR count). The Hall–Kier alpha value is 1.08. The van der Waals surface area contributed by atoms with Crippen molar-refractivity contribution in [2.24, 2.45) is 0 Å². The van der Waals surface area contributed by atoms with Gasteiger partial charge in [-0.2, -0.15) is 0 Å². The minimum absolute atomic E-state index is 0. The molecule has 0 bridgehead atoms. The summed E-state index contributed by atoms with van der Waals surface area (Å²) in [6.45, 7) is 0. The van der Waals surface area contributed by atoms with Crippen molar-refractivity contribution in [2.75, 3.05) is 0 Å². The van der Waals surface area contributed by atoms with Crippen molar-refractivity contribution >= 4 is 44.6 Å². The van der Waals surface area contributed by atoms with Gasteiger partial charge in [0.25, 0.3) is 0 Å². The Labute approximate surface area is 48.6 Å². The summed E-state index contributed by atoms with van der Waals surface area (Å²) >= 11 is 0.611. The molecule has 0 saturated heterocycles. The molecule has 24 valence electrons. The maximum atomic E-state index is 8.28. The van der Waals surface area contributed by atoms with E-state index < -0.39 is 0 Å². The van der Waals surface area contributed by atoms with Crippen molar-refractivity contribution in [3.63, 3.8) is 0 Å². The van der Waals surface area contributed by atoms with Crippen LogP contribution >= 0.6 is 0 Å². The molecule has 0 spiro atoms. The van der Waals surface area contributed by atoms with Crippen LogP contribution in [0.1, 0.15) is 0 Å². The van der Waals surface area contributed by atoms with E-state index in [1.54, 1.807) is 0 Å². The standard InChI is InChI=1S/2Al.O.H4Si.4H/h;;;1H4;;;;. The molecule has 4 heteroatoms. The average Bonchev–Trinajstić information content (AvgIpc) is 1.00. The van der Waals surface area contributed by atoms with Gasteiger partial charge < -0.3 is 0 Å². The molecule has 0 aliphatic rings. The molecule has 0 aromatic rings. The van der Waals surface area contributed by atoms with Crippen molar-refractivity contribution < 1.29 is 3.80 Å². The number of rotatable bonds is 0. The molecule has 0 aliphatic carbocycles. The van der Waals surface area contributed by atoms with Gasteiger partial charge in [0.2, 0.25) is 0 Å². The van der Waals surface area contributed by atoms with Gasteiger partial charge in [0.15, 0.2) is 17.4 Å². The predicted octanol–water partition coefficient (Wildman–Crippen LogP) is -3.40. The van der Waals surface area contributed by atoms with E-state index in [-0.39, 0.29) is 28.3 Å². The largest absolute Gasteiger partial charge is 0.0149 e. The van der Waals surface area contributed by atoms with Crippen molar-refractivity contribution in [3.8, 4) is 0 Å². The fourth-order valence-electron chi connectivity index (χ4n) is 0. The minimum atomic E-state index is 0. The van der Waals surface area contributed by atoms with Crippen LogP contribution in [0.5, 0.6) is 0 Å². The van der Waals surface area contributed by atoms with Crippen LogP contribution in [0.25, 0.3) is 0 Å². The van der Waals surface area contributed by atoms with Gasteiger partial charge in [0.1, 0.15) is 0 Å². The van der Waals surface area contributed by atoms with Crippen molar-refractivity contribution in [2.45, 2.75) is 0 Å². The fraction of sp³-hybridized carbons (Fsp3) is 0. The molecule has 0 radical (unpaired) electrons. The monoisotopic (exact) mass is 106 g/mol. The van der Waals surface area contributed by atoms with E-state index in [0.717, 1.165) is 0 Å². The third-order valence-corrected chi connectivity index (χ3v) is 0. The second-order valence-electron chi connectivity index (χ2n) is 0. The summed E-state index contributed by atoms with van der Waals surface area (Å²) < 4.78 is 8.28. The minimum Gasteiger partial charge on any atom is -0.0149 e. The summed E-state index contributed by atoms with van der Waals surface area (Å²) in [6.07, 6.45) is 0. The van der Waals surface area contributed by atoms with Crippen LogP contribution in [0.2, 0.25) is 0 Å². The Bertz CT molecular complexity index is 6.00. The molecule has 0 atom stereocenters. The van der Waals surface area contributed by atoms with Crippen LogP contribution in [0.3, 0.4) is 0 Å². The zero-order chi connectivity index (χ0) is 2.00. The smallest absolute Gasteiger partial charge is 0.0149 e. The Morgan fingerprint density at radius 1 is 1.25 bits per heavy atom. The summed E-state index contributed by atoms with van der Waals surface area (Å²) in [6, 6.07) is 0. The quantitative estimate of drug-likeness (QED) is 0.294. The second kappa shape index (κ2) is 33.1. The summed E-state index contributed by atoms with van der Waals surface area (Å²) in [4.78, 5) is 0. The van der Waals surface area contributed by atoms with Gasteiger partial charge >= 0.3 is 20.0 Å². The zero-order valence-electron chi connectivity index (χ0n) is 1.12. The third kappa shape index (κ3) is 11.4. The Kier molecular flexibility index (Phi) is 162. The molecule has 0 unspecified atom stereocenters. The average molecular weight is 106 g/mol. The van der Waals surface area contributed by atoms with Crippen molar-refractivity contribution in [1.29, 1.82) is 0 Å². The van der Waals surface area contributed by atoms with Crippen LogP contribution in [0.15, 0.2) is 0 Å². The first-order valence-electron chi connectivity index (χ1n) is 0.289. The predicted molar refractivity (Wildman–Crippen MR) is 29.1 cm³/mol. The van der Waals surface area contributed by atoms with Crippen LogP contribution in [-0.4, -0.2) is 44.6 Å². The maximum Gasteiger partial charge on any atom is -0.0149 e. The maximum absolute atomic E-state index is 8.28. The van der Waals surface area contributed by atoms with E-state index in [1.807, 2.05) is 0 Å². The second-order valence-corrected chi connectivity index (χ2v) is 0. The first kappa shape index (κ1) is 19.5. The van der Waals surface area contributed by atoms with Gasteiger partial charge in [-0.15, -0.1) is 0 Å². The molecule has 0 N–H and O–H groups in total. The first-order valence-corrected chi connectivity index (χ1v) is 0.866. The Morgan fingerprint density at radius 3 is 1.25 bits per heavy atom. The van der Waals surface area contributed by atoms with E-state index >= 15 is 0 Å². The molecular weight excluding hydrogens is 98.0 g/mol. The van der Waals surface area contributed by atoms with E-state index in [1.165, 1.54) is 0 Å². The third-order valence-electron chi connectivity index (χ3n) is 0. The van der Waals surface area contributed by atoms with Crippen molar-refractivity contribution in [3.05, 3.63) is 0 Å². The topological polar surface area (TPSA) is 17.1 Å². The molecular formula is H8Al2OSi. The molecule has 0 saturated carbocycles. The molecule has 0 heterocycles. The van der Waals surface area contributed by atoms with Gasteiger partial charge in [-0.3, -0.25) is 0 Å². The molecule has 0 fully saturated rings. The van der Waals surface area contributed by atoms with Gasteiger partial charge in [-0.25, -0.2) is 0 Å². The van der Waals surface area contributed by atoms with Crippen LogP contribution in [-0.2, 0) is 3.80 Å². The number of hydrogen-bond donors (Lipinski definition) is 0. The SMILES string of the molecule is [AlH3].[O]=[AlH].[SiH4]. The summed E-state index contributed by atoms with van der Waals surface area (Å²) in [5, 5.41) is 0. The Balaban J connectivity index is -0.00000000500. The van der Waals surface area contributed by atoms with Gasteiger partial charge in [-0.05, 0) is 11.0 Å². The molecule has 1 nitrogen and oxygen atoms in total. The molecule has 0 aliphatic heterocycles. The first-order chi connectivity index (χ1) is 1.00. The van der Waals surface area contributed by atoms with Gasteiger partial charge in [0.05, 0.1) is 0 Å². The molecule has 0 amide bonds. The summed E-state index contributed by atoms with van der Waals surface area (Å²) in [7, 11) is 0. The number of hydrogen-bond acceptors (Lipinski definition) is 1. The summed E-state index contributed by atoms with van der Waals surface area (Å²) in [5.74, 6) is 0. The van der Waals surface area contributed by atoms with E-state index in [0.29, 0.717) is 16.2 Å². The normalized spacial score (nSPS) is 0.750. The molecule has 0 aromatic carbocycles. The van der Waals surface area contributed by atoms with E-state index in [9.17, 15) is 0 Å². The molecule has 4 heavy (non-hydrogen) atoms. The molecule has 0 aromatic heterocycles. The van der Waals surface area contributed by atoms with Gasteiger partial charge in [-0.1, -0.05) is 0 Å². The van der Waals surface area contributed by atoms with Crippen LogP contribution in [0.4, 0.5) is 0 Å². The van der Waals surface area contributed by atoms with Crippen molar-refractivity contribution in [1.82, 2.24) is 0 Å².